The summed E-state index contributed by atoms with van der Waals surface area (Å²) in [7, 11) is 1.21. The summed E-state index contributed by atoms with van der Waals surface area (Å²) in [4.78, 5) is 24.6. The average molecular weight is 349 g/mol. The average Bonchev–Trinajstić information content (AvgIpc) is 2.93. The smallest absolute Gasteiger partial charge is 0.337 e. The van der Waals surface area contributed by atoms with E-state index in [2.05, 4.69) is 5.32 Å². The van der Waals surface area contributed by atoms with Gasteiger partial charge in [-0.1, -0.05) is 12.1 Å². The van der Waals surface area contributed by atoms with Crippen LogP contribution in [-0.2, 0) is 19.1 Å². The summed E-state index contributed by atoms with van der Waals surface area (Å²) in [6, 6.07) is 4.08. The lowest BCUT2D eigenvalue weighted by molar-refractivity contribution is -0.136. The van der Waals surface area contributed by atoms with Gasteiger partial charge in [-0.05, 0) is 25.5 Å². The fourth-order valence-electron chi connectivity index (χ4n) is 3.38. The van der Waals surface area contributed by atoms with E-state index in [-0.39, 0.29) is 28.9 Å². The summed E-state index contributed by atoms with van der Waals surface area (Å²) in [6.45, 7) is 2.87. The zero-order chi connectivity index (χ0) is 18.3. The molecule has 25 heavy (non-hydrogen) atoms. The van der Waals surface area contributed by atoms with E-state index in [0.717, 1.165) is 6.07 Å². The molecule has 2 aliphatic rings. The number of hydrogen-bond donors (Lipinski definition) is 1. The maximum absolute atomic E-state index is 14.3. The van der Waals surface area contributed by atoms with Gasteiger partial charge in [-0.3, -0.25) is 0 Å². The Balaban J connectivity index is 2.28. The Morgan fingerprint density at radius 3 is 2.80 bits per heavy atom. The lowest BCUT2D eigenvalue weighted by Gasteiger charge is -2.29. The summed E-state index contributed by atoms with van der Waals surface area (Å²) < 4.78 is 38.3. The minimum absolute atomic E-state index is 0.0201. The molecule has 132 valence electrons. The van der Waals surface area contributed by atoms with Crippen molar-refractivity contribution in [2.75, 3.05) is 13.7 Å². The molecule has 5 nitrogen and oxygen atoms in total. The molecular formula is C18H17F2NO4. The van der Waals surface area contributed by atoms with Crippen LogP contribution in [0.15, 0.2) is 40.7 Å². The Morgan fingerprint density at radius 1 is 1.44 bits per heavy atom. The Bertz CT molecular complexity index is 826. The van der Waals surface area contributed by atoms with E-state index in [1.54, 1.807) is 6.92 Å². The number of carbonyl (C=O) groups is 2. The third kappa shape index (κ3) is 2.69. The summed E-state index contributed by atoms with van der Waals surface area (Å²) in [6.07, 6.45) is -1.62. The Labute approximate surface area is 143 Å². The number of hydrogen-bond acceptors (Lipinski definition) is 5. The van der Waals surface area contributed by atoms with Gasteiger partial charge in [0.15, 0.2) is 0 Å². The van der Waals surface area contributed by atoms with Crippen molar-refractivity contribution in [3.05, 3.63) is 57.7 Å². The highest BCUT2D eigenvalue weighted by molar-refractivity contribution is 6.01. The van der Waals surface area contributed by atoms with Gasteiger partial charge in [0, 0.05) is 11.3 Å². The molecule has 1 N–H and O–H groups in total. The molecule has 0 aliphatic carbocycles. The monoisotopic (exact) mass is 349 g/mol. The first-order chi connectivity index (χ1) is 11.9. The molecule has 2 aliphatic heterocycles. The van der Waals surface area contributed by atoms with Crippen LogP contribution < -0.4 is 5.32 Å². The number of nitrogens with one attached hydrogen (secondary N) is 1. The van der Waals surface area contributed by atoms with Gasteiger partial charge in [-0.25, -0.2) is 18.4 Å². The van der Waals surface area contributed by atoms with E-state index in [1.807, 2.05) is 0 Å². The van der Waals surface area contributed by atoms with E-state index >= 15 is 0 Å². The van der Waals surface area contributed by atoms with Crippen molar-refractivity contribution >= 4 is 11.9 Å². The highest BCUT2D eigenvalue weighted by Gasteiger charge is 2.43. The van der Waals surface area contributed by atoms with Gasteiger partial charge >= 0.3 is 11.9 Å². The van der Waals surface area contributed by atoms with Crippen LogP contribution in [0.4, 0.5) is 8.78 Å². The summed E-state index contributed by atoms with van der Waals surface area (Å²) >= 11 is 0. The first-order valence-corrected chi connectivity index (χ1v) is 7.75. The van der Waals surface area contributed by atoms with Crippen molar-refractivity contribution in [1.82, 2.24) is 5.32 Å². The molecule has 3 rings (SSSR count). The van der Waals surface area contributed by atoms with Crippen LogP contribution in [0.25, 0.3) is 0 Å². The van der Waals surface area contributed by atoms with Gasteiger partial charge < -0.3 is 14.8 Å². The van der Waals surface area contributed by atoms with E-state index in [0.29, 0.717) is 11.4 Å². The fourth-order valence-corrected chi connectivity index (χ4v) is 3.38. The van der Waals surface area contributed by atoms with Crippen molar-refractivity contribution in [2.24, 2.45) is 0 Å². The molecule has 7 heteroatoms. The van der Waals surface area contributed by atoms with Gasteiger partial charge in [-0.15, -0.1) is 0 Å². The van der Waals surface area contributed by atoms with Crippen molar-refractivity contribution in [2.45, 2.75) is 25.9 Å². The number of alkyl halides is 1. The topological polar surface area (TPSA) is 64.6 Å². The number of cyclic esters (lactones) is 1. The molecule has 0 radical (unpaired) electrons. The number of esters is 2. The van der Waals surface area contributed by atoms with Crippen LogP contribution in [0.1, 0.15) is 37.1 Å². The molecule has 1 aromatic carbocycles. The normalized spacial score (nSPS) is 20.8. The van der Waals surface area contributed by atoms with Crippen LogP contribution in [-0.4, -0.2) is 25.7 Å². The molecule has 0 amide bonds. The summed E-state index contributed by atoms with van der Waals surface area (Å²) in [5.41, 5.74) is 1.28. The molecule has 0 spiro atoms. The lowest BCUT2D eigenvalue weighted by Crippen LogP contribution is -2.30. The van der Waals surface area contributed by atoms with Crippen molar-refractivity contribution in [3.63, 3.8) is 0 Å². The molecule has 0 saturated carbocycles. The number of methoxy groups -OCH3 is 1. The fraction of sp³-hybridized carbons (Fsp3) is 0.333. The van der Waals surface area contributed by atoms with Gasteiger partial charge in [0.05, 0.1) is 29.9 Å². The molecule has 2 heterocycles. The first-order valence-electron chi connectivity index (χ1n) is 7.75. The maximum atomic E-state index is 14.3. The number of benzene rings is 1. The highest BCUT2D eigenvalue weighted by Crippen LogP contribution is 2.44. The predicted octanol–water partition coefficient (Wildman–Crippen LogP) is 2.80. The zero-order valence-electron chi connectivity index (χ0n) is 14.0. The van der Waals surface area contributed by atoms with Gasteiger partial charge in [0.2, 0.25) is 0 Å². The number of dihydropyridines is 1. The van der Waals surface area contributed by atoms with Crippen LogP contribution in [0.2, 0.25) is 0 Å². The third-order valence-corrected chi connectivity index (χ3v) is 4.41. The standard InChI is InChI=1S/C18H17F2NO4/c1-8(19)13-10(5-4-6-11(13)20)15-14(17(22)24-3)9(2)21-12-7-25-18(23)16(12)15/h4-6,8,15,21H,7H2,1-3H3/t8-,15-/m0/s1. The van der Waals surface area contributed by atoms with E-state index in [9.17, 15) is 18.4 Å². The van der Waals surface area contributed by atoms with Crippen LogP contribution >= 0.6 is 0 Å². The molecule has 0 bridgehead atoms. The minimum atomic E-state index is -1.62. The molecule has 0 saturated heterocycles. The number of carbonyl (C=O) groups excluding carboxylic acids is 2. The quantitative estimate of drug-likeness (QED) is 0.850. The maximum Gasteiger partial charge on any atom is 0.337 e. The highest BCUT2D eigenvalue weighted by atomic mass is 19.1. The Morgan fingerprint density at radius 2 is 2.16 bits per heavy atom. The van der Waals surface area contributed by atoms with Gasteiger partial charge in [0.25, 0.3) is 0 Å². The van der Waals surface area contributed by atoms with Crippen LogP contribution in [0, 0.1) is 5.82 Å². The molecule has 0 unspecified atom stereocenters. The zero-order valence-corrected chi connectivity index (χ0v) is 14.0. The van der Waals surface area contributed by atoms with Gasteiger partial charge in [0.1, 0.15) is 18.6 Å². The van der Waals surface area contributed by atoms with Crippen molar-refractivity contribution < 1.29 is 27.8 Å². The van der Waals surface area contributed by atoms with Crippen molar-refractivity contribution in [1.29, 1.82) is 0 Å². The minimum Gasteiger partial charge on any atom is -0.466 e. The Hall–Kier alpha value is -2.70. The van der Waals surface area contributed by atoms with E-state index in [1.165, 1.54) is 26.2 Å². The number of allylic oxidation sites excluding steroid dienone is 1. The lowest BCUT2D eigenvalue weighted by atomic mass is 9.78. The van der Waals surface area contributed by atoms with E-state index < -0.39 is 29.8 Å². The molecule has 2 atom stereocenters. The molecular weight excluding hydrogens is 332 g/mol. The van der Waals surface area contributed by atoms with Gasteiger partial charge in [-0.2, -0.15) is 0 Å². The number of halogens is 2. The van der Waals surface area contributed by atoms with Crippen LogP contribution in [0.5, 0.6) is 0 Å². The molecule has 1 aromatic rings. The summed E-state index contributed by atoms with van der Waals surface area (Å²) in [5.74, 6) is -2.99. The summed E-state index contributed by atoms with van der Waals surface area (Å²) in [5, 5.41) is 2.96. The second-order valence-corrected chi connectivity index (χ2v) is 5.92. The molecule has 0 aromatic heterocycles. The van der Waals surface area contributed by atoms with E-state index in [4.69, 9.17) is 9.47 Å². The predicted molar refractivity (Wildman–Crippen MR) is 84.5 cm³/mol. The first kappa shape index (κ1) is 17.1. The third-order valence-electron chi connectivity index (χ3n) is 4.41. The largest absolute Gasteiger partial charge is 0.466 e. The Kier molecular flexibility index (Phi) is 4.32. The SMILES string of the molecule is COC(=O)C1=C(C)NC2=C(C(=O)OC2)[C@H]1c1cccc(F)c1[C@H](C)F. The second kappa shape index (κ2) is 6.31. The number of rotatable bonds is 3. The molecule has 0 fully saturated rings. The van der Waals surface area contributed by atoms with Crippen LogP contribution in [0.3, 0.4) is 0 Å². The number of ether oxygens (including phenoxy) is 2. The second-order valence-electron chi connectivity index (χ2n) is 5.92. The van der Waals surface area contributed by atoms with Crippen molar-refractivity contribution in [3.8, 4) is 0 Å².